The van der Waals surface area contributed by atoms with Crippen molar-refractivity contribution in [3.63, 3.8) is 0 Å². The Labute approximate surface area is 275 Å². The van der Waals surface area contributed by atoms with Crippen molar-refractivity contribution in [3.05, 3.63) is 129 Å². The van der Waals surface area contributed by atoms with E-state index >= 15 is 0 Å². The molecule has 4 aromatic rings. The van der Waals surface area contributed by atoms with Crippen molar-refractivity contribution in [3.8, 4) is 11.5 Å². The molecule has 0 bridgehead atoms. The lowest BCUT2D eigenvalue weighted by Crippen LogP contribution is -2.36. The number of ether oxygens (including phenoxy) is 5. The van der Waals surface area contributed by atoms with Crippen LogP contribution in [-0.4, -0.2) is 43.7 Å². The van der Waals surface area contributed by atoms with Gasteiger partial charge in [-0.1, -0.05) is 78.9 Å². The Morgan fingerprint density at radius 1 is 0.844 bits per heavy atom. The summed E-state index contributed by atoms with van der Waals surface area (Å²) >= 11 is 3.87. The van der Waals surface area contributed by atoms with Gasteiger partial charge in [0.1, 0.15) is 18.1 Å². The van der Waals surface area contributed by atoms with Crippen LogP contribution in [0, 0.1) is 6.92 Å². The maximum absolute atomic E-state index is 9.58. The molecule has 7 heteroatoms. The van der Waals surface area contributed by atoms with Gasteiger partial charge in [0.2, 0.25) is 0 Å². The summed E-state index contributed by atoms with van der Waals surface area (Å²) in [5.74, 6) is 1.59. The highest BCUT2D eigenvalue weighted by Gasteiger charge is 2.34. The molecule has 0 radical (unpaired) electrons. The highest BCUT2D eigenvalue weighted by molar-refractivity contribution is 9.10. The lowest BCUT2D eigenvalue weighted by molar-refractivity contribution is -0.142. The topological polar surface area (TPSA) is 66.4 Å². The zero-order chi connectivity index (χ0) is 31.4. The van der Waals surface area contributed by atoms with E-state index in [0.29, 0.717) is 32.8 Å². The summed E-state index contributed by atoms with van der Waals surface area (Å²) in [6.07, 6.45) is 1.77. The highest BCUT2D eigenvalue weighted by Crippen LogP contribution is 2.43. The Bertz CT molecular complexity index is 1460. The van der Waals surface area contributed by atoms with Gasteiger partial charge in [0.25, 0.3) is 0 Å². The predicted octanol–water partition coefficient (Wildman–Crippen LogP) is 8.14. The van der Waals surface area contributed by atoms with Gasteiger partial charge in [-0.15, -0.1) is 0 Å². The van der Waals surface area contributed by atoms with Crippen LogP contribution in [0.1, 0.15) is 59.3 Å². The van der Waals surface area contributed by atoms with Gasteiger partial charge >= 0.3 is 0 Å². The van der Waals surface area contributed by atoms with Crippen LogP contribution >= 0.6 is 15.9 Å². The summed E-state index contributed by atoms with van der Waals surface area (Å²) in [6.45, 7) is 6.36. The minimum atomic E-state index is -0.240. The van der Waals surface area contributed by atoms with Crippen molar-refractivity contribution in [2.24, 2.45) is 0 Å². The van der Waals surface area contributed by atoms with E-state index in [1.807, 2.05) is 55.5 Å². The first kappa shape index (κ1) is 33.2. The SMILES string of the molecule is CCOc1ccc(Cc2cc(C3CC(OCc4ccccc4)CC(COCc4ccccc4)O3)c(Br)c(OCCO)c2C)cc1. The number of aliphatic hydroxyl groups is 1. The van der Waals surface area contributed by atoms with Crippen molar-refractivity contribution in [2.45, 2.75) is 64.6 Å². The molecule has 6 nitrogen and oxygen atoms in total. The average molecular weight is 676 g/mol. The first-order valence-corrected chi connectivity index (χ1v) is 16.5. The summed E-state index contributed by atoms with van der Waals surface area (Å²) in [4.78, 5) is 0. The van der Waals surface area contributed by atoms with Crippen molar-refractivity contribution < 1.29 is 28.8 Å². The molecule has 1 aliphatic rings. The number of aliphatic hydroxyl groups excluding tert-OH is 1. The molecule has 1 heterocycles. The molecule has 0 spiro atoms. The fourth-order valence-corrected chi connectivity index (χ4v) is 6.50. The Hall–Kier alpha value is -3.20. The quantitative estimate of drug-likeness (QED) is 0.137. The molecule has 5 rings (SSSR count). The lowest BCUT2D eigenvalue weighted by atomic mass is 9.91. The maximum atomic E-state index is 9.58. The average Bonchev–Trinajstić information content (AvgIpc) is 3.07. The summed E-state index contributed by atoms with van der Waals surface area (Å²) < 4.78 is 32.0. The molecule has 1 N–H and O–H groups in total. The van der Waals surface area contributed by atoms with Crippen LogP contribution in [0.15, 0.2) is 95.5 Å². The second kappa shape index (κ2) is 16.9. The smallest absolute Gasteiger partial charge is 0.137 e. The summed E-state index contributed by atoms with van der Waals surface area (Å²) in [7, 11) is 0. The first-order chi connectivity index (χ1) is 22.0. The van der Waals surface area contributed by atoms with Gasteiger partial charge < -0.3 is 28.8 Å². The normalized spacial score (nSPS) is 18.1. The minimum absolute atomic E-state index is 0.0149. The molecule has 1 aliphatic heterocycles. The third kappa shape index (κ3) is 9.41. The molecule has 0 amide bonds. The van der Waals surface area contributed by atoms with Crippen LogP contribution in [0.5, 0.6) is 11.5 Å². The van der Waals surface area contributed by atoms with Crippen molar-refractivity contribution in [1.82, 2.24) is 0 Å². The molecule has 1 saturated heterocycles. The molecular formula is C38H43BrO6. The van der Waals surface area contributed by atoms with E-state index in [1.54, 1.807) is 0 Å². The van der Waals surface area contributed by atoms with Gasteiger partial charge in [-0.3, -0.25) is 0 Å². The molecule has 0 aliphatic carbocycles. The van der Waals surface area contributed by atoms with E-state index in [2.05, 4.69) is 65.3 Å². The molecular weight excluding hydrogens is 632 g/mol. The minimum Gasteiger partial charge on any atom is -0.494 e. The standard InChI is InChI=1S/C38H43BrO6/c1-3-42-32-16-14-28(15-17-32)20-31-21-35(37(39)38(27(31)2)43-19-18-40)36-23-33(44-25-30-12-8-5-9-13-30)22-34(45-36)26-41-24-29-10-6-4-7-11-29/h4-17,21,33-34,36,40H,3,18-20,22-26H2,1-2H3. The van der Waals surface area contributed by atoms with Gasteiger partial charge in [0, 0.05) is 12.8 Å². The van der Waals surface area contributed by atoms with E-state index in [-0.39, 0.29) is 31.5 Å². The molecule has 0 aromatic heterocycles. The van der Waals surface area contributed by atoms with Crippen LogP contribution in [-0.2, 0) is 33.8 Å². The zero-order valence-electron chi connectivity index (χ0n) is 26.1. The maximum Gasteiger partial charge on any atom is 0.137 e. The van der Waals surface area contributed by atoms with Crippen molar-refractivity contribution >= 4 is 15.9 Å². The van der Waals surface area contributed by atoms with Gasteiger partial charge in [0.05, 0.1) is 55.8 Å². The summed E-state index contributed by atoms with van der Waals surface area (Å²) in [5, 5.41) is 9.58. The fourth-order valence-electron chi connectivity index (χ4n) is 5.71. The largest absolute Gasteiger partial charge is 0.494 e. The number of hydrogen-bond donors (Lipinski definition) is 1. The summed E-state index contributed by atoms with van der Waals surface area (Å²) in [6, 6.07) is 30.9. The van der Waals surface area contributed by atoms with Gasteiger partial charge in [-0.25, -0.2) is 0 Å². The Morgan fingerprint density at radius 2 is 1.53 bits per heavy atom. The first-order valence-electron chi connectivity index (χ1n) is 15.7. The van der Waals surface area contributed by atoms with Crippen molar-refractivity contribution in [2.75, 3.05) is 26.4 Å². The zero-order valence-corrected chi connectivity index (χ0v) is 27.7. The van der Waals surface area contributed by atoms with E-state index in [0.717, 1.165) is 56.6 Å². The molecule has 1 fully saturated rings. The van der Waals surface area contributed by atoms with E-state index in [9.17, 15) is 5.11 Å². The van der Waals surface area contributed by atoms with E-state index < -0.39 is 0 Å². The third-order valence-corrected chi connectivity index (χ3v) is 8.84. The summed E-state index contributed by atoms with van der Waals surface area (Å²) in [5.41, 5.74) is 6.62. The predicted molar refractivity (Wildman–Crippen MR) is 180 cm³/mol. The van der Waals surface area contributed by atoms with E-state index in [4.69, 9.17) is 23.7 Å². The van der Waals surface area contributed by atoms with Gasteiger partial charge in [-0.2, -0.15) is 0 Å². The molecule has 4 aromatic carbocycles. The number of benzene rings is 4. The second-order valence-electron chi connectivity index (χ2n) is 11.4. The Balaban J connectivity index is 1.40. The molecule has 0 saturated carbocycles. The monoisotopic (exact) mass is 674 g/mol. The third-order valence-electron chi connectivity index (χ3n) is 8.02. The van der Waals surface area contributed by atoms with Crippen LogP contribution in [0.25, 0.3) is 0 Å². The number of rotatable bonds is 15. The van der Waals surface area contributed by atoms with Gasteiger partial charge in [0.15, 0.2) is 0 Å². The second-order valence-corrected chi connectivity index (χ2v) is 12.1. The number of halogens is 1. The number of hydrogen-bond acceptors (Lipinski definition) is 6. The van der Waals surface area contributed by atoms with Crippen molar-refractivity contribution in [1.29, 1.82) is 0 Å². The van der Waals surface area contributed by atoms with Crippen LogP contribution in [0.3, 0.4) is 0 Å². The molecule has 3 atom stereocenters. The molecule has 3 unspecified atom stereocenters. The van der Waals surface area contributed by atoms with Crippen LogP contribution in [0.4, 0.5) is 0 Å². The highest BCUT2D eigenvalue weighted by atomic mass is 79.9. The molecule has 45 heavy (non-hydrogen) atoms. The lowest BCUT2D eigenvalue weighted by Gasteiger charge is -2.36. The van der Waals surface area contributed by atoms with Crippen LogP contribution < -0.4 is 9.47 Å². The Morgan fingerprint density at radius 3 is 2.20 bits per heavy atom. The molecule has 238 valence electrons. The Kier molecular flexibility index (Phi) is 12.5. The van der Waals surface area contributed by atoms with Gasteiger partial charge in [-0.05, 0) is 81.7 Å². The van der Waals surface area contributed by atoms with E-state index in [1.165, 1.54) is 5.56 Å². The van der Waals surface area contributed by atoms with Crippen LogP contribution in [0.2, 0.25) is 0 Å². The fraction of sp³-hybridized carbons (Fsp3) is 0.368.